The molecule has 0 radical (unpaired) electrons. The lowest BCUT2D eigenvalue weighted by atomic mass is 10.1. The summed E-state index contributed by atoms with van der Waals surface area (Å²) in [5.41, 5.74) is 4.59. The average Bonchev–Trinajstić information content (AvgIpc) is 3.26. The molecule has 0 unspecified atom stereocenters. The molecule has 1 fully saturated rings. The fourth-order valence-corrected chi connectivity index (χ4v) is 5.10. The second kappa shape index (κ2) is 8.59. The summed E-state index contributed by atoms with van der Waals surface area (Å²) < 4.78 is 0. The number of carbonyl (C=O) groups is 1. The third-order valence-corrected chi connectivity index (χ3v) is 6.47. The van der Waals surface area contributed by atoms with E-state index < -0.39 is 0 Å². The molecule has 0 aliphatic carbocycles. The molecular weight excluding hydrogens is 380 g/mol. The van der Waals surface area contributed by atoms with Crippen LogP contribution >= 0.6 is 11.8 Å². The zero-order chi connectivity index (χ0) is 20.4. The van der Waals surface area contributed by atoms with E-state index in [1.165, 1.54) is 11.1 Å². The topological polar surface area (TPSA) is 61.0 Å². The smallest absolute Gasteiger partial charge is 0.237 e. The Morgan fingerprint density at radius 3 is 2.76 bits per heavy atom. The number of hydrogen-bond donors (Lipinski definition) is 2. The van der Waals surface area contributed by atoms with Crippen molar-refractivity contribution in [3.63, 3.8) is 0 Å². The molecule has 1 aliphatic rings. The molecule has 152 valence electrons. The summed E-state index contributed by atoms with van der Waals surface area (Å²) in [6.45, 7) is 7.82. The summed E-state index contributed by atoms with van der Waals surface area (Å²) in [6.07, 6.45) is 0.826. The number of nitrogens with one attached hydrogen (secondary N) is 2. The minimum absolute atomic E-state index is 0.112. The lowest BCUT2D eigenvalue weighted by Crippen LogP contribution is -2.45. The Balaban J connectivity index is 1.52. The minimum Gasteiger partial charge on any atom is -0.353 e. The van der Waals surface area contributed by atoms with Crippen LogP contribution in [0.4, 0.5) is 0 Å². The van der Waals surface area contributed by atoms with Gasteiger partial charge in [0.2, 0.25) is 5.91 Å². The summed E-state index contributed by atoms with van der Waals surface area (Å²) in [5.74, 6) is 0.126. The van der Waals surface area contributed by atoms with Crippen molar-refractivity contribution in [2.45, 2.75) is 56.2 Å². The molecule has 0 saturated carbocycles. The van der Waals surface area contributed by atoms with Crippen LogP contribution in [0.2, 0.25) is 0 Å². The van der Waals surface area contributed by atoms with Gasteiger partial charge in [0.15, 0.2) is 5.16 Å². The van der Waals surface area contributed by atoms with Crippen LogP contribution in [0.15, 0.2) is 53.7 Å². The normalized spacial score (nSPS) is 19.9. The molecule has 1 aliphatic heterocycles. The van der Waals surface area contributed by atoms with E-state index in [-0.39, 0.29) is 18.0 Å². The number of para-hydroxylation sites is 2. The van der Waals surface area contributed by atoms with E-state index in [4.69, 9.17) is 4.98 Å². The molecule has 2 aromatic carbocycles. The molecule has 4 rings (SSSR count). The van der Waals surface area contributed by atoms with Crippen LogP contribution in [0.3, 0.4) is 0 Å². The maximum absolute atomic E-state index is 12.9. The summed E-state index contributed by atoms with van der Waals surface area (Å²) in [6, 6.07) is 16.5. The highest BCUT2D eigenvalue weighted by Crippen LogP contribution is 2.33. The predicted octanol–water partition coefficient (Wildman–Crippen LogP) is 4.13. The average molecular weight is 409 g/mol. The molecule has 3 aromatic rings. The number of hydrogen-bond acceptors (Lipinski definition) is 4. The second-order valence-electron chi connectivity index (χ2n) is 8.07. The van der Waals surface area contributed by atoms with E-state index in [1.54, 1.807) is 11.8 Å². The lowest BCUT2D eigenvalue weighted by Gasteiger charge is -2.25. The van der Waals surface area contributed by atoms with Gasteiger partial charge >= 0.3 is 0 Å². The number of rotatable bonds is 6. The molecule has 1 amide bonds. The number of fused-ring (bicyclic) bond motifs is 1. The number of carbonyl (C=O) groups excluding carboxylic acids is 1. The molecule has 2 atom stereocenters. The first kappa shape index (κ1) is 20.0. The Bertz CT molecular complexity index is 966. The standard InChI is InChI=1S/C23H28N4OS/c1-15(2)24-22(28)21-12-18(14-27(21)13-17-9-5-4-8-16(17)3)29-23-25-19-10-6-7-11-20(19)26-23/h4-11,15,18,21H,12-14H2,1-3H3,(H,24,28)(H,25,26)/t18-,21+/m1/s1. The van der Waals surface area contributed by atoms with Gasteiger partial charge in [-0.2, -0.15) is 0 Å². The van der Waals surface area contributed by atoms with Gasteiger partial charge in [-0.25, -0.2) is 4.98 Å². The third kappa shape index (κ3) is 4.65. The van der Waals surface area contributed by atoms with E-state index in [9.17, 15) is 4.79 Å². The number of thioether (sulfide) groups is 1. The van der Waals surface area contributed by atoms with Gasteiger partial charge in [-0.1, -0.05) is 48.2 Å². The van der Waals surface area contributed by atoms with Crippen molar-refractivity contribution in [2.24, 2.45) is 0 Å². The predicted molar refractivity (Wildman–Crippen MR) is 119 cm³/mol. The van der Waals surface area contributed by atoms with E-state index in [0.717, 1.165) is 35.7 Å². The minimum atomic E-state index is -0.112. The van der Waals surface area contributed by atoms with Crippen molar-refractivity contribution >= 4 is 28.7 Å². The molecule has 5 nitrogen and oxygen atoms in total. The highest BCUT2D eigenvalue weighted by molar-refractivity contribution is 7.99. The molecular formula is C23H28N4OS. The van der Waals surface area contributed by atoms with Crippen LogP contribution in [0.5, 0.6) is 0 Å². The molecule has 2 N–H and O–H groups in total. The Morgan fingerprint density at radius 1 is 1.24 bits per heavy atom. The van der Waals surface area contributed by atoms with Crippen LogP contribution in [-0.4, -0.2) is 44.7 Å². The van der Waals surface area contributed by atoms with Gasteiger partial charge in [0.1, 0.15) is 0 Å². The number of aryl methyl sites for hydroxylation is 1. The number of likely N-dealkylation sites (tertiary alicyclic amines) is 1. The number of H-pyrrole nitrogens is 1. The van der Waals surface area contributed by atoms with Gasteiger partial charge in [-0.15, -0.1) is 0 Å². The van der Waals surface area contributed by atoms with E-state index in [2.05, 4.69) is 46.4 Å². The quantitative estimate of drug-likeness (QED) is 0.644. The molecule has 2 heterocycles. The Hall–Kier alpha value is -2.31. The Kier molecular flexibility index (Phi) is 5.92. The molecule has 6 heteroatoms. The number of benzene rings is 2. The van der Waals surface area contributed by atoms with E-state index in [0.29, 0.717) is 5.25 Å². The van der Waals surface area contributed by atoms with Crippen molar-refractivity contribution < 1.29 is 4.79 Å². The first-order chi connectivity index (χ1) is 14.0. The number of imidazole rings is 1. The first-order valence-electron chi connectivity index (χ1n) is 10.2. The van der Waals surface area contributed by atoms with Gasteiger partial charge < -0.3 is 10.3 Å². The Morgan fingerprint density at radius 2 is 2.00 bits per heavy atom. The van der Waals surface area contributed by atoms with Gasteiger partial charge in [-0.05, 0) is 50.5 Å². The highest BCUT2D eigenvalue weighted by atomic mass is 32.2. The van der Waals surface area contributed by atoms with Crippen LogP contribution in [0, 0.1) is 6.92 Å². The van der Waals surface area contributed by atoms with Crippen molar-refractivity contribution in [1.29, 1.82) is 0 Å². The second-order valence-corrected chi connectivity index (χ2v) is 9.36. The zero-order valence-corrected chi connectivity index (χ0v) is 18.0. The summed E-state index contributed by atoms with van der Waals surface area (Å²) in [4.78, 5) is 23.3. The van der Waals surface area contributed by atoms with Gasteiger partial charge in [0.05, 0.1) is 17.1 Å². The third-order valence-electron chi connectivity index (χ3n) is 5.38. The van der Waals surface area contributed by atoms with Crippen LogP contribution in [0.1, 0.15) is 31.4 Å². The number of aromatic amines is 1. The maximum atomic E-state index is 12.9. The molecule has 1 aromatic heterocycles. The SMILES string of the molecule is Cc1ccccc1CN1C[C@H](Sc2nc3ccccc3[nH]2)C[C@H]1C(=O)NC(C)C. The van der Waals surface area contributed by atoms with Crippen molar-refractivity contribution in [3.05, 3.63) is 59.7 Å². The monoisotopic (exact) mass is 408 g/mol. The van der Waals surface area contributed by atoms with Gasteiger partial charge in [0, 0.05) is 24.4 Å². The number of nitrogens with zero attached hydrogens (tertiary/aromatic N) is 2. The van der Waals surface area contributed by atoms with Crippen LogP contribution < -0.4 is 5.32 Å². The molecule has 1 saturated heterocycles. The largest absolute Gasteiger partial charge is 0.353 e. The highest BCUT2D eigenvalue weighted by Gasteiger charge is 2.37. The first-order valence-corrected chi connectivity index (χ1v) is 11.1. The fourth-order valence-electron chi connectivity index (χ4n) is 3.92. The van der Waals surface area contributed by atoms with Crippen molar-refractivity contribution in [2.75, 3.05) is 6.54 Å². The van der Waals surface area contributed by atoms with E-state index >= 15 is 0 Å². The number of amides is 1. The zero-order valence-electron chi connectivity index (χ0n) is 17.2. The van der Waals surface area contributed by atoms with Gasteiger partial charge in [-0.3, -0.25) is 9.69 Å². The number of aromatic nitrogens is 2. The van der Waals surface area contributed by atoms with Crippen LogP contribution in [-0.2, 0) is 11.3 Å². The Labute approximate surface area is 176 Å². The molecule has 0 bridgehead atoms. The maximum Gasteiger partial charge on any atom is 0.237 e. The summed E-state index contributed by atoms with van der Waals surface area (Å²) >= 11 is 1.75. The molecule has 0 spiro atoms. The van der Waals surface area contributed by atoms with E-state index in [1.807, 2.05) is 38.1 Å². The van der Waals surface area contributed by atoms with Crippen LogP contribution in [0.25, 0.3) is 11.0 Å². The summed E-state index contributed by atoms with van der Waals surface area (Å²) in [5, 5.41) is 4.36. The lowest BCUT2D eigenvalue weighted by molar-refractivity contribution is -0.126. The van der Waals surface area contributed by atoms with Gasteiger partial charge in [0.25, 0.3) is 0 Å². The molecule has 29 heavy (non-hydrogen) atoms. The fraction of sp³-hybridized carbons (Fsp3) is 0.391. The summed E-state index contributed by atoms with van der Waals surface area (Å²) in [7, 11) is 0. The van der Waals surface area contributed by atoms with Crippen molar-refractivity contribution in [1.82, 2.24) is 20.2 Å². The van der Waals surface area contributed by atoms with Crippen molar-refractivity contribution in [3.8, 4) is 0 Å².